The molecule has 0 aromatic rings. The first-order valence-corrected chi connectivity index (χ1v) is 6.42. The van der Waals surface area contributed by atoms with Gasteiger partial charge in [-0.1, -0.05) is 37.5 Å². The molecule has 92 valence electrons. The van der Waals surface area contributed by atoms with Crippen LogP contribution in [0.2, 0.25) is 0 Å². The van der Waals surface area contributed by atoms with Crippen molar-refractivity contribution in [3.8, 4) is 0 Å². The Labute approximate surface area is 102 Å². The minimum absolute atomic E-state index is 0.0161. The van der Waals surface area contributed by atoms with E-state index in [-0.39, 0.29) is 24.3 Å². The molecule has 1 saturated carbocycles. The van der Waals surface area contributed by atoms with Gasteiger partial charge in [-0.15, -0.1) is 0 Å². The van der Waals surface area contributed by atoms with E-state index in [4.69, 9.17) is 0 Å². The van der Waals surface area contributed by atoms with Crippen LogP contribution < -0.4 is 0 Å². The van der Waals surface area contributed by atoms with E-state index in [1.165, 1.54) is 11.3 Å². The second kappa shape index (κ2) is 5.30. The Balaban J connectivity index is 2.13. The molecule has 2 aliphatic rings. The van der Waals surface area contributed by atoms with Crippen LogP contribution in [0, 0.1) is 0 Å². The van der Waals surface area contributed by atoms with E-state index in [2.05, 4.69) is 0 Å². The summed E-state index contributed by atoms with van der Waals surface area (Å²) in [5.74, 6) is -0.0855. The third kappa shape index (κ3) is 2.48. The third-order valence-corrected chi connectivity index (χ3v) is 3.53. The minimum Gasteiger partial charge on any atom is -0.275 e. The third-order valence-electron chi connectivity index (χ3n) is 3.53. The highest BCUT2D eigenvalue weighted by Crippen LogP contribution is 2.29. The minimum atomic E-state index is -0.0694. The first-order chi connectivity index (χ1) is 8.24. The number of likely N-dealkylation sites (tertiary alicyclic amines) is 1. The van der Waals surface area contributed by atoms with Gasteiger partial charge in [0.05, 0.1) is 6.42 Å². The summed E-state index contributed by atoms with van der Waals surface area (Å²) in [6.07, 6.45) is 11.2. The molecule has 0 aromatic carbocycles. The number of carbonyl (C=O) groups excluding carboxylic acids is 2. The average Bonchev–Trinajstić information content (AvgIpc) is 2.63. The van der Waals surface area contributed by atoms with E-state index in [1.807, 2.05) is 19.1 Å². The maximum Gasteiger partial charge on any atom is 0.257 e. The van der Waals surface area contributed by atoms with Gasteiger partial charge < -0.3 is 0 Å². The van der Waals surface area contributed by atoms with Gasteiger partial charge in [0.2, 0.25) is 5.91 Å². The Morgan fingerprint density at radius 2 is 1.88 bits per heavy atom. The van der Waals surface area contributed by atoms with Crippen LogP contribution >= 0.6 is 0 Å². The first kappa shape index (κ1) is 12.1. The van der Waals surface area contributed by atoms with Crippen molar-refractivity contribution in [1.82, 2.24) is 4.90 Å². The standard InChI is InChI=1S/C14H19NO2/c1-2-3-7-11-10-13(16)15(14(11)17)12-8-5-4-6-9-12/h2-3,7,12H,4-6,8-10H2,1H3. The maximum absolute atomic E-state index is 12.1. The van der Waals surface area contributed by atoms with Crippen LogP contribution in [0.4, 0.5) is 0 Å². The fourth-order valence-corrected chi connectivity index (χ4v) is 2.64. The van der Waals surface area contributed by atoms with Crippen molar-refractivity contribution in [3.05, 3.63) is 23.8 Å². The lowest BCUT2D eigenvalue weighted by Gasteiger charge is -2.29. The monoisotopic (exact) mass is 233 g/mol. The highest BCUT2D eigenvalue weighted by atomic mass is 16.2. The van der Waals surface area contributed by atoms with E-state index in [0.717, 1.165) is 25.7 Å². The summed E-state index contributed by atoms with van der Waals surface area (Å²) >= 11 is 0. The second-order valence-corrected chi connectivity index (χ2v) is 4.76. The Kier molecular flexibility index (Phi) is 3.77. The molecule has 0 N–H and O–H groups in total. The largest absolute Gasteiger partial charge is 0.275 e. The molecule has 0 unspecified atom stereocenters. The van der Waals surface area contributed by atoms with Crippen molar-refractivity contribution < 1.29 is 9.59 Å². The number of amides is 2. The SMILES string of the molecule is CC=CC=C1CC(=O)N(C2CCCCC2)C1=O. The van der Waals surface area contributed by atoms with Gasteiger partial charge >= 0.3 is 0 Å². The van der Waals surface area contributed by atoms with Gasteiger partial charge in [-0.2, -0.15) is 0 Å². The summed E-state index contributed by atoms with van der Waals surface area (Å²) in [5, 5.41) is 0. The van der Waals surface area contributed by atoms with Crippen LogP contribution in [-0.4, -0.2) is 22.8 Å². The highest BCUT2D eigenvalue weighted by molar-refractivity contribution is 6.13. The molecule has 1 saturated heterocycles. The Morgan fingerprint density at radius 1 is 1.18 bits per heavy atom. The van der Waals surface area contributed by atoms with E-state index < -0.39 is 0 Å². The molecule has 1 aliphatic heterocycles. The fourth-order valence-electron chi connectivity index (χ4n) is 2.64. The number of rotatable bonds is 2. The number of nitrogens with zero attached hydrogens (tertiary/aromatic N) is 1. The van der Waals surface area contributed by atoms with Crippen molar-refractivity contribution in [3.63, 3.8) is 0 Å². The zero-order valence-electron chi connectivity index (χ0n) is 10.3. The summed E-state index contributed by atoms with van der Waals surface area (Å²) in [5.41, 5.74) is 0.638. The van der Waals surface area contributed by atoms with Crippen molar-refractivity contribution >= 4 is 11.8 Å². The van der Waals surface area contributed by atoms with Gasteiger partial charge in [-0.25, -0.2) is 0 Å². The summed E-state index contributed by atoms with van der Waals surface area (Å²) < 4.78 is 0. The predicted octanol–water partition coefficient (Wildman–Crippen LogP) is 2.58. The lowest BCUT2D eigenvalue weighted by molar-refractivity contribution is -0.141. The molecule has 0 aromatic heterocycles. The number of carbonyl (C=O) groups is 2. The molecule has 0 radical (unpaired) electrons. The molecule has 1 heterocycles. The molecular formula is C14H19NO2. The van der Waals surface area contributed by atoms with Gasteiger partial charge in [0.15, 0.2) is 0 Å². The van der Waals surface area contributed by atoms with Gasteiger partial charge in [-0.3, -0.25) is 14.5 Å². The Morgan fingerprint density at radius 3 is 2.53 bits per heavy atom. The Hall–Kier alpha value is -1.38. The lowest BCUT2D eigenvalue weighted by atomic mass is 9.94. The highest BCUT2D eigenvalue weighted by Gasteiger charge is 2.38. The number of allylic oxidation sites excluding steroid dienone is 3. The van der Waals surface area contributed by atoms with Crippen LogP contribution in [0.15, 0.2) is 23.8 Å². The smallest absolute Gasteiger partial charge is 0.257 e. The first-order valence-electron chi connectivity index (χ1n) is 6.42. The van der Waals surface area contributed by atoms with E-state index in [9.17, 15) is 9.59 Å². The van der Waals surface area contributed by atoms with Gasteiger partial charge in [0.1, 0.15) is 0 Å². The molecular weight excluding hydrogens is 214 g/mol. The normalized spacial score (nSPS) is 25.5. The van der Waals surface area contributed by atoms with E-state index in [0.29, 0.717) is 5.57 Å². The number of imide groups is 1. The van der Waals surface area contributed by atoms with Gasteiger partial charge in [-0.05, 0) is 19.8 Å². The van der Waals surface area contributed by atoms with Crippen molar-refractivity contribution in [2.75, 3.05) is 0 Å². The number of hydrogen-bond donors (Lipinski definition) is 0. The van der Waals surface area contributed by atoms with Crippen LogP contribution in [0.25, 0.3) is 0 Å². The van der Waals surface area contributed by atoms with Gasteiger partial charge in [0.25, 0.3) is 5.91 Å². The average molecular weight is 233 g/mol. The molecule has 0 spiro atoms. The summed E-state index contributed by atoms with van der Waals surface area (Å²) in [6.45, 7) is 1.90. The summed E-state index contributed by atoms with van der Waals surface area (Å²) in [4.78, 5) is 25.5. The molecule has 2 rings (SSSR count). The van der Waals surface area contributed by atoms with Crippen LogP contribution in [0.5, 0.6) is 0 Å². The predicted molar refractivity (Wildman–Crippen MR) is 66.2 cm³/mol. The fraction of sp³-hybridized carbons (Fsp3) is 0.571. The molecule has 3 nitrogen and oxygen atoms in total. The van der Waals surface area contributed by atoms with Crippen molar-refractivity contribution in [2.45, 2.75) is 51.5 Å². The number of hydrogen-bond acceptors (Lipinski definition) is 2. The molecule has 17 heavy (non-hydrogen) atoms. The quantitative estimate of drug-likeness (QED) is 0.543. The molecule has 3 heteroatoms. The van der Waals surface area contributed by atoms with Crippen molar-refractivity contribution in [2.24, 2.45) is 0 Å². The zero-order chi connectivity index (χ0) is 12.3. The zero-order valence-corrected chi connectivity index (χ0v) is 10.3. The molecule has 1 aliphatic carbocycles. The van der Waals surface area contributed by atoms with E-state index >= 15 is 0 Å². The molecule has 2 fully saturated rings. The topological polar surface area (TPSA) is 37.4 Å². The maximum atomic E-state index is 12.1. The van der Waals surface area contributed by atoms with Crippen LogP contribution in [-0.2, 0) is 9.59 Å². The Bertz CT molecular complexity index is 376. The lowest BCUT2D eigenvalue weighted by Crippen LogP contribution is -2.40. The molecule has 0 bridgehead atoms. The van der Waals surface area contributed by atoms with Crippen LogP contribution in [0.1, 0.15) is 45.4 Å². The molecule has 2 amide bonds. The van der Waals surface area contributed by atoms with Gasteiger partial charge in [0, 0.05) is 11.6 Å². The summed E-state index contributed by atoms with van der Waals surface area (Å²) in [6, 6.07) is 0.153. The van der Waals surface area contributed by atoms with E-state index in [1.54, 1.807) is 6.08 Å². The summed E-state index contributed by atoms with van der Waals surface area (Å²) in [7, 11) is 0. The van der Waals surface area contributed by atoms with Crippen molar-refractivity contribution in [1.29, 1.82) is 0 Å². The second-order valence-electron chi connectivity index (χ2n) is 4.76. The molecule has 0 atom stereocenters. The van der Waals surface area contributed by atoms with Crippen LogP contribution in [0.3, 0.4) is 0 Å².